The topological polar surface area (TPSA) is 88.2 Å². The van der Waals surface area contributed by atoms with E-state index in [1.165, 1.54) is 12.1 Å². The van der Waals surface area contributed by atoms with Crippen molar-refractivity contribution in [2.45, 2.75) is 30.6 Å². The number of amides is 1. The van der Waals surface area contributed by atoms with Gasteiger partial charge in [-0.2, -0.15) is 0 Å². The predicted molar refractivity (Wildman–Crippen MR) is 117 cm³/mol. The highest BCUT2D eigenvalue weighted by molar-refractivity contribution is 7.89. The van der Waals surface area contributed by atoms with Crippen molar-refractivity contribution in [3.8, 4) is 0 Å². The van der Waals surface area contributed by atoms with Crippen LogP contribution >= 0.6 is 0 Å². The van der Waals surface area contributed by atoms with Crippen LogP contribution in [0.5, 0.6) is 0 Å². The van der Waals surface area contributed by atoms with Crippen molar-refractivity contribution < 1.29 is 17.6 Å². The Kier molecular flexibility index (Phi) is 6.29. The Balaban J connectivity index is 1.32. The molecule has 0 bridgehead atoms. The van der Waals surface area contributed by atoms with Gasteiger partial charge in [-0.05, 0) is 61.9 Å². The van der Waals surface area contributed by atoms with Crippen LogP contribution in [0.15, 0.2) is 65.7 Å². The summed E-state index contributed by atoms with van der Waals surface area (Å²) >= 11 is 0. The van der Waals surface area contributed by atoms with E-state index < -0.39 is 15.8 Å². The van der Waals surface area contributed by atoms with Gasteiger partial charge in [-0.25, -0.2) is 17.5 Å². The summed E-state index contributed by atoms with van der Waals surface area (Å²) in [5.41, 5.74) is 0.902. The van der Waals surface area contributed by atoms with E-state index in [-0.39, 0.29) is 22.6 Å². The Labute approximate surface area is 180 Å². The van der Waals surface area contributed by atoms with Crippen molar-refractivity contribution in [1.29, 1.82) is 0 Å². The van der Waals surface area contributed by atoms with E-state index >= 15 is 0 Å². The van der Waals surface area contributed by atoms with E-state index in [2.05, 4.69) is 15.0 Å². The fourth-order valence-corrected chi connectivity index (χ4v) is 5.33. The number of hydrogen-bond acceptors (Lipinski definition) is 4. The van der Waals surface area contributed by atoms with E-state index in [9.17, 15) is 17.6 Å². The summed E-state index contributed by atoms with van der Waals surface area (Å²) < 4.78 is 41.7. The minimum atomic E-state index is -3.69. The first kappa shape index (κ1) is 21.4. The SMILES string of the molecule is O=C(Nc1cccc(F)c1)C1CCC(CNS(=O)(=O)c2cccc3cccnc23)CC1. The van der Waals surface area contributed by atoms with Gasteiger partial charge < -0.3 is 5.32 Å². The monoisotopic (exact) mass is 441 g/mol. The lowest BCUT2D eigenvalue weighted by molar-refractivity contribution is -0.121. The molecule has 1 aromatic heterocycles. The average Bonchev–Trinajstić information content (AvgIpc) is 2.78. The molecule has 6 nitrogen and oxygen atoms in total. The van der Waals surface area contributed by atoms with Crippen LogP contribution in [0.4, 0.5) is 10.1 Å². The molecular weight excluding hydrogens is 417 g/mol. The maximum atomic E-state index is 13.3. The number of fused-ring (bicyclic) bond motifs is 1. The second-order valence-electron chi connectivity index (χ2n) is 7.90. The van der Waals surface area contributed by atoms with Gasteiger partial charge in [0.2, 0.25) is 15.9 Å². The molecule has 0 unspecified atom stereocenters. The molecule has 1 saturated carbocycles. The largest absolute Gasteiger partial charge is 0.326 e. The van der Waals surface area contributed by atoms with Crippen LogP contribution in [0.2, 0.25) is 0 Å². The van der Waals surface area contributed by atoms with E-state index in [1.54, 1.807) is 36.5 Å². The number of nitrogens with zero attached hydrogens (tertiary/aromatic N) is 1. The number of halogens is 1. The quantitative estimate of drug-likeness (QED) is 0.603. The van der Waals surface area contributed by atoms with E-state index in [0.717, 1.165) is 18.2 Å². The Morgan fingerprint density at radius 3 is 2.55 bits per heavy atom. The van der Waals surface area contributed by atoms with Gasteiger partial charge in [0.1, 0.15) is 10.7 Å². The van der Waals surface area contributed by atoms with E-state index in [1.807, 2.05) is 12.1 Å². The van der Waals surface area contributed by atoms with Gasteiger partial charge in [0.05, 0.1) is 5.52 Å². The molecule has 3 aromatic rings. The minimum absolute atomic E-state index is 0.119. The van der Waals surface area contributed by atoms with Crippen LogP contribution in [-0.4, -0.2) is 25.9 Å². The van der Waals surface area contributed by atoms with Gasteiger partial charge in [-0.1, -0.05) is 24.3 Å². The smallest absolute Gasteiger partial charge is 0.242 e. The van der Waals surface area contributed by atoms with Crippen molar-refractivity contribution in [1.82, 2.24) is 9.71 Å². The third-order valence-electron chi connectivity index (χ3n) is 5.76. The molecule has 162 valence electrons. The lowest BCUT2D eigenvalue weighted by Crippen LogP contribution is -2.33. The van der Waals surface area contributed by atoms with Gasteiger partial charge in [0.25, 0.3) is 0 Å². The van der Waals surface area contributed by atoms with Crippen molar-refractivity contribution >= 4 is 32.5 Å². The standard InChI is InChI=1S/C23H24FN3O3S/c24-19-6-2-7-20(14-19)27-23(28)18-11-9-16(10-12-18)15-26-31(29,30)21-8-1-4-17-5-3-13-25-22(17)21/h1-8,13-14,16,18,26H,9-12,15H2,(H,27,28). The highest BCUT2D eigenvalue weighted by Crippen LogP contribution is 2.30. The lowest BCUT2D eigenvalue weighted by Gasteiger charge is -2.28. The van der Waals surface area contributed by atoms with Crippen molar-refractivity contribution in [3.63, 3.8) is 0 Å². The molecule has 2 aromatic carbocycles. The molecule has 1 heterocycles. The summed E-state index contributed by atoms with van der Waals surface area (Å²) in [6.45, 7) is 0.323. The van der Waals surface area contributed by atoms with Gasteiger partial charge in [-0.3, -0.25) is 9.78 Å². The summed E-state index contributed by atoms with van der Waals surface area (Å²) in [7, 11) is -3.69. The Hall–Kier alpha value is -2.84. The number of carbonyl (C=O) groups is 1. The van der Waals surface area contributed by atoms with Crippen molar-refractivity contribution in [2.75, 3.05) is 11.9 Å². The summed E-state index contributed by atoms with van der Waals surface area (Å²) in [6.07, 6.45) is 4.42. The summed E-state index contributed by atoms with van der Waals surface area (Å²) in [6, 6.07) is 14.5. The molecule has 1 amide bonds. The van der Waals surface area contributed by atoms with Gasteiger partial charge in [0.15, 0.2) is 0 Å². The molecule has 2 N–H and O–H groups in total. The van der Waals surface area contributed by atoms with Crippen LogP contribution in [0, 0.1) is 17.7 Å². The molecule has 1 aliphatic rings. The number of benzene rings is 2. The lowest BCUT2D eigenvalue weighted by atomic mass is 9.81. The maximum Gasteiger partial charge on any atom is 0.242 e. The highest BCUT2D eigenvalue weighted by atomic mass is 32.2. The number of para-hydroxylation sites is 1. The van der Waals surface area contributed by atoms with E-state index in [0.29, 0.717) is 30.6 Å². The molecule has 1 aliphatic carbocycles. The molecule has 1 fully saturated rings. The number of sulfonamides is 1. The molecule has 0 radical (unpaired) electrons. The van der Waals surface area contributed by atoms with Crippen LogP contribution in [0.25, 0.3) is 10.9 Å². The second-order valence-corrected chi connectivity index (χ2v) is 9.64. The van der Waals surface area contributed by atoms with E-state index in [4.69, 9.17) is 0 Å². The summed E-state index contributed by atoms with van der Waals surface area (Å²) in [5, 5.41) is 3.54. The highest BCUT2D eigenvalue weighted by Gasteiger charge is 2.28. The number of aromatic nitrogens is 1. The third kappa shape index (κ3) is 5.08. The maximum absolute atomic E-state index is 13.3. The van der Waals surface area contributed by atoms with Gasteiger partial charge in [-0.15, -0.1) is 0 Å². The van der Waals surface area contributed by atoms with Crippen molar-refractivity contribution in [3.05, 3.63) is 66.6 Å². The number of hydrogen-bond donors (Lipinski definition) is 2. The van der Waals surface area contributed by atoms with Crippen molar-refractivity contribution in [2.24, 2.45) is 11.8 Å². The number of nitrogens with one attached hydrogen (secondary N) is 2. The molecular formula is C23H24FN3O3S. The molecule has 0 spiro atoms. The van der Waals surface area contributed by atoms with Gasteiger partial charge in [0, 0.05) is 29.7 Å². The molecule has 0 atom stereocenters. The molecule has 4 rings (SSSR count). The Morgan fingerprint density at radius 2 is 1.77 bits per heavy atom. The molecule has 0 saturated heterocycles. The fourth-order valence-electron chi connectivity index (χ4n) is 4.04. The minimum Gasteiger partial charge on any atom is -0.326 e. The third-order valence-corrected chi connectivity index (χ3v) is 7.21. The number of rotatable bonds is 6. The number of carbonyl (C=O) groups excluding carboxylic acids is 1. The predicted octanol–water partition coefficient (Wildman–Crippen LogP) is 4.10. The molecule has 31 heavy (non-hydrogen) atoms. The second kappa shape index (κ2) is 9.11. The zero-order valence-electron chi connectivity index (χ0n) is 16.9. The van der Waals surface area contributed by atoms with Crippen LogP contribution in [0.1, 0.15) is 25.7 Å². The summed E-state index contributed by atoms with van der Waals surface area (Å²) in [5.74, 6) is -0.504. The first-order chi connectivity index (χ1) is 14.9. The zero-order chi connectivity index (χ0) is 21.8. The normalized spacial score (nSPS) is 19.3. The number of pyridine rings is 1. The van der Waals surface area contributed by atoms with Crippen LogP contribution in [0.3, 0.4) is 0 Å². The fraction of sp³-hybridized carbons (Fsp3) is 0.304. The summed E-state index contributed by atoms with van der Waals surface area (Å²) in [4.78, 5) is 16.9. The molecule has 0 aliphatic heterocycles. The average molecular weight is 442 g/mol. The Bertz CT molecular complexity index is 1190. The van der Waals surface area contributed by atoms with Crippen LogP contribution < -0.4 is 10.0 Å². The first-order valence-corrected chi connectivity index (χ1v) is 11.8. The zero-order valence-corrected chi connectivity index (χ0v) is 17.7. The molecule has 8 heteroatoms. The first-order valence-electron chi connectivity index (χ1n) is 10.3. The number of anilines is 1. The Morgan fingerprint density at radius 1 is 1.03 bits per heavy atom. The van der Waals surface area contributed by atoms with Crippen LogP contribution in [-0.2, 0) is 14.8 Å². The van der Waals surface area contributed by atoms with Gasteiger partial charge >= 0.3 is 0 Å².